The quantitative estimate of drug-likeness (QED) is 0.541. The third-order valence-corrected chi connectivity index (χ3v) is 3.33. The molecule has 6 heteroatoms. The Morgan fingerprint density at radius 1 is 1.27 bits per heavy atom. The predicted octanol–water partition coefficient (Wildman–Crippen LogP) is 3.12. The summed E-state index contributed by atoms with van der Waals surface area (Å²) in [7, 11) is 0. The van der Waals surface area contributed by atoms with Crippen molar-refractivity contribution in [2.45, 2.75) is 45.8 Å². The van der Waals surface area contributed by atoms with Crippen molar-refractivity contribution in [1.82, 2.24) is 5.32 Å². The number of hydrogen-bond donors (Lipinski definition) is 2. The standard InChI is InChI=1S/C16H23NO5/c1-3-12(2)9-14(10-15(18)19)17-16(20)22-21-11-13-7-5-4-6-8-13/h4-8,12,14H,3,9-11H2,1-2H3,(H,17,20)(H,18,19)/t12-,14+/m1/s1. The minimum atomic E-state index is -0.959. The lowest BCUT2D eigenvalue weighted by atomic mass is 9.97. The molecule has 2 N–H and O–H groups in total. The summed E-state index contributed by atoms with van der Waals surface area (Å²) < 4.78 is 0. The summed E-state index contributed by atoms with van der Waals surface area (Å²) >= 11 is 0. The van der Waals surface area contributed by atoms with E-state index in [0.29, 0.717) is 12.3 Å². The highest BCUT2D eigenvalue weighted by atomic mass is 17.2. The molecule has 0 saturated heterocycles. The first-order chi connectivity index (χ1) is 10.5. The molecule has 1 amide bonds. The average molecular weight is 309 g/mol. The number of carboxylic acids is 1. The Labute approximate surface area is 130 Å². The molecule has 1 rings (SSSR count). The monoisotopic (exact) mass is 309 g/mol. The maximum Gasteiger partial charge on any atom is 0.438 e. The van der Waals surface area contributed by atoms with Crippen LogP contribution in [0.25, 0.3) is 0 Å². The number of aliphatic carboxylic acids is 1. The lowest BCUT2D eigenvalue weighted by molar-refractivity contribution is -0.249. The fourth-order valence-electron chi connectivity index (χ4n) is 1.97. The topological polar surface area (TPSA) is 84.9 Å². The van der Waals surface area contributed by atoms with Crippen molar-refractivity contribution in [3.05, 3.63) is 35.9 Å². The molecule has 0 spiro atoms. The highest BCUT2D eigenvalue weighted by Crippen LogP contribution is 2.12. The van der Waals surface area contributed by atoms with E-state index in [4.69, 9.17) is 9.99 Å². The smallest absolute Gasteiger partial charge is 0.438 e. The number of carboxylic acid groups (broad SMARTS) is 1. The molecule has 1 aromatic rings. The van der Waals surface area contributed by atoms with E-state index >= 15 is 0 Å². The van der Waals surface area contributed by atoms with Crippen LogP contribution in [0, 0.1) is 5.92 Å². The van der Waals surface area contributed by atoms with Gasteiger partial charge in [-0.3, -0.25) is 9.68 Å². The highest BCUT2D eigenvalue weighted by Gasteiger charge is 2.19. The summed E-state index contributed by atoms with van der Waals surface area (Å²) in [6.07, 6.45) is 0.581. The molecular weight excluding hydrogens is 286 g/mol. The average Bonchev–Trinajstić information content (AvgIpc) is 2.47. The minimum Gasteiger partial charge on any atom is -0.481 e. The molecule has 0 heterocycles. The first kappa shape index (κ1) is 18.0. The van der Waals surface area contributed by atoms with Crippen LogP contribution in [0.2, 0.25) is 0 Å². The third kappa shape index (κ3) is 7.64. The first-order valence-corrected chi connectivity index (χ1v) is 7.37. The molecule has 2 atom stereocenters. The molecule has 0 radical (unpaired) electrons. The van der Waals surface area contributed by atoms with E-state index in [2.05, 4.69) is 10.2 Å². The van der Waals surface area contributed by atoms with E-state index in [1.165, 1.54) is 0 Å². The Morgan fingerprint density at radius 3 is 2.55 bits per heavy atom. The predicted molar refractivity (Wildman–Crippen MR) is 81.0 cm³/mol. The van der Waals surface area contributed by atoms with Gasteiger partial charge in [0.25, 0.3) is 0 Å². The fraction of sp³-hybridized carbons (Fsp3) is 0.500. The van der Waals surface area contributed by atoms with Crippen molar-refractivity contribution in [2.24, 2.45) is 5.92 Å². The van der Waals surface area contributed by atoms with E-state index in [1.807, 2.05) is 44.2 Å². The van der Waals surface area contributed by atoms with Crippen LogP contribution >= 0.6 is 0 Å². The van der Waals surface area contributed by atoms with Gasteiger partial charge < -0.3 is 10.4 Å². The molecule has 0 aliphatic carbocycles. The molecule has 0 aliphatic heterocycles. The van der Waals surface area contributed by atoms with Crippen LogP contribution in [0.1, 0.15) is 38.7 Å². The number of carbonyl (C=O) groups is 2. The van der Waals surface area contributed by atoms with E-state index < -0.39 is 18.1 Å². The van der Waals surface area contributed by atoms with Gasteiger partial charge in [0.05, 0.1) is 6.42 Å². The molecule has 0 fully saturated rings. The Balaban J connectivity index is 2.36. The molecule has 0 unspecified atom stereocenters. The largest absolute Gasteiger partial charge is 0.481 e. The van der Waals surface area contributed by atoms with Crippen LogP contribution in [0.5, 0.6) is 0 Å². The van der Waals surface area contributed by atoms with Gasteiger partial charge in [-0.25, -0.2) is 4.79 Å². The van der Waals surface area contributed by atoms with E-state index in [9.17, 15) is 9.59 Å². The number of rotatable bonds is 9. The summed E-state index contributed by atoms with van der Waals surface area (Å²) in [4.78, 5) is 32.0. The molecule has 22 heavy (non-hydrogen) atoms. The molecule has 0 saturated carbocycles. The lowest BCUT2D eigenvalue weighted by Gasteiger charge is -2.19. The Morgan fingerprint density at radius 2 is 1.95 bits per heavy atom. The Kier molecular flexibility index (Phi) is 7.99. The number of amides is 1. The fourth-order valence-corrected chi connectivity index (χ4v) is 1.97. The van der Waals surface area contributed by atoms with Crippen molar-refractivity contribution in [1.29, 1.82) is 0 Å². The van der Waals surface area contributed by atoms with Crippen LogP contribution in [-0.4, -0.2) is 23.2 Å². The Hall–Kier alpha value is -2.08. The Bertz CT molecular complexity index is 463. The number of nitrogens with one attached hydrogen (secondary N) is 1. The van der Waals surface area contributed by atoms with Crippen LogP contribution < -0.4 is 5.32 Å². The van der Waals surface area contributed by atoms with Gasteiger partial charge in [-0.2, -0.15) is 4.89 Å². The molecular formula is C16H23NO5. The molecule has 0 bridgehead atoms. The summed E-state index contributed by atoms with van der Waals surface area (Å²) in [5.74, 6) is -0.645. The van der Waals surface area contributed by atoms with Gasteiger partial charge in [0.15, 0.2) is 0 Å². The third-order valence-electron chi connectivity index (χ3n) is 3.33. The van der Waals surface area contributed by atoms with Crippen molar-refractivity contribution in [2.75, 3.05) is 0 Å². The summed E-state index contributed by atoms with van der Waals surface area (Å²) in [6.45, 7) is 4.17. The second kappa shape index (κ2) is 9.78. The van der Waals surface area contributed by atoms with Crippen LogP contribution in [0.15, 0.2) is 30.3 Å². The van der Waals surface area contributed by atoms with Crippen LogP contribution in [-0.2, 0) is 21.2 Å². The van der Waals surface area contributed by atoms with Crippen LogP contribution in [0.4, 0.5) is 4.79 Å². The maximum atomic E-state index is 11.6. The zero-order valence-electron chi connectivity index (χ0n) is 13.0. The molecule has 6 nitrogen and oxygen atoms in total. The lowest BCUT2D eigenvalue weighted by Crippen LogP contribution is -2.38. The van der Waals surface area contributed by atoms with Crippen molar-refractivity contribution < 1.29 is 24.5 Å². The molecule has 0 aliphatic rings. The van der Waals surface area contributed by atoms with E-state index in [0.717, 1.165) is 12.0 Å². The molecule has 0 aromatic heterocycles. The SMILES string of the molecule is CC[C@@H](C)C[C@@H](CC(=O)O)NC(=O)OOCc1ccccc1. The zero-order chi connectivity index (χ0) is 16.4. The van der Waals surface area contributed by atoms with Crippen molar-refractivity contribution in [3.63, 3.8) is 0 Å². The number of benzene rings is 1. The summed E-state index contributed by atoms with van der Waals surface area (Å²) in [5.41, 5.74) is 0.872. The van der Waals surface area contributed by atoms with Gasteiger partial charge in [0, 0.05) is 6.04 Å². The van der Waals surface area contributed by atoms with Gasteiger partial charge >= 0.3 is 12.1 Å². The van der Waals surface area contributed by atoms with Gasteiger partial charge in [0.1, 0.15) is 6.61 Å². The first-order valence-electron chi connectivity index (χ1n) is 7.37. The number of carbonyl (C=O) groups excluding carboxylic acids is 1. The highest BCUT2D eigenvalue weighted by molar-refractivity contribution is 5.71. The zero-order valence-corrected chi connectivity index (χ0v) is 13.0. The second-order valence-electron chi connectivity index (χ2n) is 5.31. The summed E-state index contributed by atoms with van der Waals surface area (Å²) in [6, 6.07) is 8.80. The maximum absolute atomic E-state index is 11.6. The van der Waals surface area contributed by atoms with Gasteiger partial charge in [0.2, 0.25) is 0 Å². The normalized spacial score (nSPS) is 13.2. The second-order valence-corrected chi connectivity index (χ2v) is 5.31. The van der Waals surface area contributed by atoms with Gasteiger partial charge in [-0.05, 0) is 17.9 Å². The number of hydrogen-bond acceptors (Lipinski definition) is 4. The van der Waals surface area contributed by atoms with Gasteiger partial charge in [-0.1, -0.05) is 50.6 Å². The molecule has 122 valence electrons. The van der Waals surface area contributed by atoms with Crippen molar-refractivity contribution >= 4 is 12.1 Å². The van der Waals surface area contributed by atoms with E-state index in [1.54, 1.807) is 0 Å². The van der Waals surface area contributed by atoms with Crippen molar-refractivity contribution in [3.8, 4) is 0 Å². The summed E-state index contributed by atoms with van der Waals surface area (Å²) in [5, 5.41) is 11.4. The van der Waals surface area contributed by atoms with Crippen LogP contribution in [0.3, 0.4) is 0 Å². The minimum absolute atomic E-state index is 0.141. The molecule has 1 aromatic carbocycles. The van der Waals surface area contributed by atoms with Gasteiger partial charge in [-0.15, -0.1) is 0 Å². The van der Waals surface area contributed by atoms with E-state index in [-0.39, 0.29) is 13.0 Å².